The summed E-state index contributed by atoms with van der Waals surface area (Å²) in [5, 5.41) is 11.7. The van der Waals surface area contributed by atoms with Crippen molar-refractivity contribution < 1.29 is 14.6 Å². The number of rotatable bonds is 0. The summed E-state index contributed by atoms with van der Waals surface area (Å²) in [4.78, 5) is 12.9. The van der Waals surface area contributed by atoms with Gasteiger partial charge in [0.2, 0.25) is 0 Å². The fraction of sp³-hybridized carbons (Fsp3) is 0.0556. The molecule has 0 saturated heterocycles. The highest BCUT2D eigenvalue weighted by Gasteiger charge is 2.37. The second kappa shape index (κ2) is 3.44. The van der Waals surface area contributed by atoms with Crippen LogP contribution in [0, 0.1) is 0 Å². The first kappa shape index (κ1) is 10.9. The number of phenolic OH excluding ortho intramolecular Hbond substituents is 1. The summed E-state index contributed by atoms with van der Waals surface area (Å²) >= 11 is 0. The molecular formula is C18H10O3. The molecule has 0 unspecified atom stereocenters. The summed E-state index contributed by atoms with van der Waals surface area (Å²) in [6, 6.07) is 12.9. The van der Waals surface area contributed by atoms with Gasteiger partial charge in [0.1, 0.15) is 5.75 Å². The minimum atomic E-state index is -0.0309. The van der Waals surface area contributed by atoms with Crippen LogP contribution in [0.25, 0.3) is 10.8 Å². The van der Waals surface area contributed by atoms with E-state index < -0.39 is 0 Å². The van der Waals surface area contributed by atoms with Gasteiger partial charge >= 0.3 is 0 Å². The minimum Gasteiger partial charge on any atom is -0.507 e. The zero-order valence-electron chi connectivity index (χ0n) is 11.0. The van der Waals surface area contributed by atoms with Gasteiger partial charge in [0, 0.05) is 33.9 Å². The topological polar surface area (TPSA) is 49.8 Å². The van der Waals surface area contributed by atoms with Gasteiger partial charge in [-0.15, -0.1) is 0 Å². The number of hydrogen-bond donors (Lipinski definition) is 1. The lowest BCUT2D eigenvalue weighted by molar-refractivity contribution is 0.103. The number of carbonyl (C=O) groups is 1. The molecular weight excluding hydrogens is 264 g/mol. The lowest BCUT2D eigenvalue weighted by atomic mass is 9.82. The van der Waals surface area contributed by atoms with Crippen LogP contribution in [0.4, 0.5) is 0 Å². The summed E-state index contributed by atoms with van der Waals surface area (Å²) in [5.74, 6) is 1.71. The van der Waals surface area contributed by atoms with Crippen LogP contribution in [0.1, 0.15) is 27.0 Å². The van der Waals surface area contributed by atoms with Crippen LogP contribution in [-0.2, 0) is 6.42 Å². The van der Waals surface area contributed by atoms with Gasteiger partial charge in [-0.05, 0) is 11.6 Å². The maximum atomic E-state index is 12.9. The van der Waals surface area contributed by atoms with Crippen LogP contribution in [0.3, 0.4) is 0 Å². The molecule has 0 atom stereocenters. The fourth-order valence-corrected chi connectivity index (χ4v) is 3.35. The molecule has 1 heterocycles. The Morgan fingerprint density at radius 2 is 1.86 bits per heavy atom. The highest BCUT2D eigenvalue weighted by atomic mass is 16.6. The number of phenols is 1. The van der Waals surface area contributed by atoms with Crippen LogP contribution in [0.5, 0.6) is 17.2 Å². The summed E-state index contributed by atoms with van der Waals surface area (Å²) in [7, 11) is 0. The van der Waals surface area contributed by atoms with Gasteiger partial charge in [-0.1, -0.05) is 36.4 Å². The average Bonchev–Trinajstić information content (AvgIpc) is 3.29. The Balaban J connectivity index is 1.94. The van der Waals surface area contributed by atoms with Crippen LogP contribution in [0.2, 0.25) is 0 Å². The average molecular weight is 274 g/mol. The van der Waals surface area contributed by atoms with E-state index in [9.17, 15) is 9.90 Å². The third kappa shape index (κ3) is 1.26. The molecule has 100 valence electrons. The number of benzene rings is 3. The van der Waals surface area contributed by atoms with Crippen molar-refractivity contribution in [3.05, 3.63) is 64.7 Å². The first-order valence-corrected chi connectivity index (χ1v) is 6.86. The predicted octanol–water partition coefficient (Wildman–Crippen LogP) is 3.79. The Morgan fingerprint density at radius 3 is 2.76 bits per heavy atom. The number of aromatic hydroxyl groups is 1. The van der Waals surface area contributed by atoms with Gasteiger partial charge in [0.05, 0.1) is 0 Å². The first-order chi connectivity index (χ1) is 10.3. The van der Waals surface area contributed by atoms with Crippen LogP contribution in [-0.4, -0.2) is 10.9 Å². The van der Waals surface area contributed by atoms with E-state index >= 15 is 0 Å². The summed E-state index contributed by atoms with van der Waals surface area (Å²) in [5.41, 5.74) is 3.23. The summed E-state index contributed by atoms with van der Waals surface area (Å²) < 4.78 is 5.60. The van der Waals surface area contributed by atoms with Gasteiger partial charge in [0.25, 0.3) is 0 Å². The van der Waals surface area contributed by atoms with Gasteiger partial charge in [-0.3, -0.25) is 4.79 Å². The predicted molar refractivity (Wildman–Crippen MR) is 78.4 cm³/mol. The van der Waals surface area contributed by atoms with Crippen molar-refractivity contribution in [2.45, 2.75) is 6.42 Å². The van der Waals surface area contributed by atoms with Crippen LogP contribution in [0.15, 0.2) is 42.5 Å². The lowest BCUT2D eigenvalue weighted by Gasteiger charge is -2.18. The van der Waals surface area contributed by atoms with E-state index in [-0.39, 0.29) is 11.5 Å². The molecule has 1 aliphatic heterocycles. The number of ketones is 1. The van der Waals surface area contributed by atoms with Crippen molar-refractivity contribution in [2.24, 2.45) is 0 Å². The maximum absolute atomic E-state index is 12.9. The van der Waals surface area contributed by atoms with E-state index in [2.05, 4.69) is 0 Å². The zero-order valence-corrected chi connectivity index (χ0v) is 11.0. The van der Waals surface area contributed by atoms with E-state index in [1.165, 1.54) is 0 Å². The second-order valence-electron chi connectivity index (χ2n) is 5.48. The van der Waals surface area contributed by atoms with Gasteiger partial charge in [0.15, 0.2) is 17.3 Å². The molecule has 0 spiro atoms. The third-order valence-corrected chi connectivity index (χ3v) is 4.34. The van der Waals surface area contributed by atoms with E-state index in [1.807, 2.05) is 30.3 Å². The number of carbonyl (C=O) groups excluding carboxylic acids is 1. The normalized spacial score (nSPS) is 14.2. The Morgan fingerprint density at radius 1 is 1.00 bits per heavy atom. The summed E-state index contributed by atoms with van der Waals surface area (Å²) in [6.45, 7) is 0. The van der Waals surface area contributed by atoms with Crippen molar-refractivity contribution in [2.75, 3.05) is 0 Å². The lowest BCUT2D eigenvalue weighted by Crippen LogP contribution is -2.14. The molecule has 0 amide bonds. The van der Waals surface area contributed by atoms with Gasteiger partial charge in [-0.2, -0.15) is 0 Å². The number of hydrogen-bond acceptors (Lipinski definition) is 3. The molecule has 2 aliphatic rings. The zero-order chi connectivity index (χ0) is 14.1. The van der Waals surface area contributed by atoms with Crippen molar-refractivity contribution in [1.82, 2.24) is 0 Å². The van der Waals surface area contributed by atoms with Crippen molar-refractivity contribution >= 4 is 16.6 Å². The molecule has 5 rings (SSSR count). The molecule has 3 heteroatoms. The molecule has 3 aromatic carbocycles. The van der Waals surface area contributed by atoms with Crippen molar-refractivity contribution in [3.8, 4) is 17.2 Å². The first-order valence-electron chi connectivity index (χ1n) is 6.86. The quantitative estimate of drug-likeness (QED) is 0.437. The molecule has 3 nitrogen and oxygen atoms in total. The third-order valence-electron chi connectivity index (χ3n) is 4.34. The Kier molecular flexibility index (Phi) is 1.79. The number of fused-ring (bicyclic) bond motifs is 7. The number of ether oxygens (including phenoxy) is 1. The van der Waals surface area contributed by atoms with Crippen LogP contribution < -0.4 is 4.74 Å². The molecule has 21 heavy (non-hydrogen) atoms. The van der Waals surface area contributed by atoms with Gasteiger partial charge < -0.3 is 9.84 Å². The molecule has 0 radical (unpaired) electrons. The maximum Gasteiger partial charge on any atom is 0.194 e. The molecule has 3 aromatic rings. The van der Waals surface area contributed by atoms with Crippen LogP contribution >= 0.6 is 0 Å². The summed E-state index contributed by atoms with van der Waals surface area (Å²) in [6.07, 6.45) is 0.670. The second-order valence-corrected chi connectivity index (χ2v) is 5.48. The highest BCUT2D eigenvalue weighted by molar-refractivity contribution is 6.23. The fourth-order valence-electron chi connectivity index (χ4n) is 3.35. The van der Waals surface area contributed by atoms with Crippen molar-refractivity contribution in [1.29, 1.82) is 0 Å². The SMILES string of the molecule is O=C1c2ccccc2Cc2c3c(c4cccc(O)c4c21)O3. The molecule has 0 aromatic heterocycles. The van der Waals surface area contributed by atoms with E-state index in [0.29, 0.717) is 17.4 Å². The highest BCUT2D eigenvalue weighted by Crippen LogP contribution is 2.58. The molecule has 0 saturated carbocycles. The smallest absolute Gasteiger partial charge is 0.194 e. The van der Waals surface area contributed by atoms with E-state index in [0.717, 1.165) is 33.6 Å². The largest absolute Gasteiger partial charge is 0.507 e. The van der Waals surface area contributed by atoms with E-state index in [1.54, 1.807) is 12.1 Å². The Labute approximate surface area is 120 Å². The van der Waals surface area contributed by atoms with E-state index in [4.69, 9.17) is 4.74 Å². The minimum absolute atomic E-state index is 0.0309. The standard InChI is InChI=1S/C18H10O3/c19-13-7-3-6-11-14(13)15-12(18-17(11)21-18)8-9-4-1-2-5-10(9)16(15)20/h1-7,19H,8H2. The Hall–Kier alpha value is -2.81. The molecule has 0 bridgehead atoms. The molecule has 1 aliphatic carbocycles. The Bertz CT molecular complexity index is 970. The monoisotopic (exact) mass is 274 g/mol. The molecule has 1 N–H and O–H groups in total. The van der Waals surface area contributed by atoms with Crippen molar-refractivity contribution in [3.63, 3.8) is 0 Å². The molecule has 0 fully saturated rings. The van der Waals surface area contributed by atoms with Gasteiger partial charge in [-0.25, -0.2) is 0 Å².